The van der Waals surface area contributed by atoms with Gasteiger partial charge < -0.3 is 5.32 Å². The van der Waals surface area contributed by atoms with E-state index < -0.39 is 0 Å². The Bertz CT molecular complexity index is 503. The molecule has 0 aromatic carbocycles. The fourth-order valence-corrected chi connectivity index (χ4v) is 3.07. The Morgan fingerprint density at radius 1 is 1.50 bits per heavy atom. The molecule has 0 saturated carbocycles. The molecule has 0 aliphatic carbocycles. The third kappa shape index (κ3) is 1.63. The van der Waals surface area contributed by atoms with Crippen LogP contribution in [0.2, 0.25) is 0 Å². The number of anilines is 1. The molecule has 1 saturated heterocycles. The minimum absolute atomic E-state index is 0.531. The number of hydrogen-bond donors (Lipinski definition) is 1. The molecule has 2 aromatic heterocycles. The Morgan fingerprint density at radius 3 is 3.25 bits per heavy atom. The van der Waals surface area contributed by atoms with Crippen LogP contribution in [0.15, 0.2) is 12.5 Å². The number of aryl methyl sites for hydroxylation is 1. The quantitative estimate of drug-likeness (QED) is 0.849. The Morgan fingerprint density at radius 2 is 2.44 bits per heavy atom. The second-order valence-electron chi connectivity index (χ2n) is 3.93. The van der Waals surface area contributed by atoms with Crippen LogP contribution in [-0.2, 0) is 7.05 Å². The number of hydrogen-bond acceptors (Lipinski definition) is 5. The standard InChI is InChI=1S/C10H13N5S/c1-15-10-8(4-13-15)9(11-6-12-10)14-7-2-3-16-5-7/h4,6-7H,2-3,5H2,1H3,(H,11,12,14). The lowest BCUT2D eigenvalue weighted by Crippen LogP contribution is -2.19. The number of thioether (sulfide) groups is 1. The molecule has 1 aliphatic rings. The fourth-order valence-electron chi connectivity index (χ4n) is 1.92. The zero-order valence-corrected chi connectivity index (χ0v) is 9.87. The lowest BCUT2D eigenvalue weighted by molar-refractivity contribution is 0.784. The molecule has 0 radical (unpaired) electrons. The first-order valence-electron chi connectivity index (χ1n) is 5.31. The summed E-state index contributed by atoms with van der Waals surface area (Å²) in [5.74, 6) is 3.30. The molecule has 5 nitrogen and oxygen atoms in total. The molecule has 1 N–H and O–H groups in total. The van der Waals surface area contributed by atoms with Crippen LogP contribution in [-0.4, -0.2) is 37.3 Å². The van der Waals surface area contributed by atoms with Crippen molar-refractivity contribution in [2.75, 3.05) is 16.8 Å². The maximum atomic E-state index is 4.30. The Kier molecular flexibility index (Phi) is 2.43. The Labute approximate surface area is 97.7 Å². The molecule has 1 aliphatic heterocycles. The van der Waals surface area contributed by atoms with Crippen molar-refractivity contribution in [2.24, 2.45) is 7.05 Å². The first kappa shape index (κ1) is 9.89. The average molecular weight is 235 g/mol. The van der Waals surface area contributed by atoms with Crippen LogP contribution in [0, 0.1) is 0 Å². The van der Waals surface area contributed by atoms with Crippen LogP contribution in [0.25, 0.3) is 11.0 Å². The molecule has 2 aromatic rings. The van der Waals surface area contributed by atoms with Gasteiger partial charge in [0.1, 0.15) is 12.1 Å². The minimum atomic E-state index is 0.531. The minimum Gasteiger partial charge on any atom is -0.366 e. The summed E-state index contributed by atoms with van der Waals surface area (Å²) in [4.78, 5) is 8.52. The molecular formula is C10H13N5S. The van der Waals surface area contributed by atoms with E-state index in [1.54, 1.807) is 11.0 Å². The molecule has 6 heteroatoms. The van der Waals surface area contributed by atoms with Gasteiger partial charge in [-0.25, -0.2) is 9.97 Å². The highest BCUT2D eigenvalue weighted by Gasteiger charge is 2.17. The second-order valence-corrected chi connectivity index (χ2v) is 5.08. The summed E-state index contributed by atoms with van der Waals surface area (Å²) in [7, 11) is 1.89. The van der Waals surface area contributed by atoms with E-state index in [1.807, 2.05) is 25.0 Å². The van der Waals surface area contributed by atoms with Crippen molar-refractivity contribution in [3.63, 3.8) is 0 Å². The van der Waals surface area contributed by atoms with Crippen LogP contribution in [0.1, 0.15) is 6.42 Å². The van der Waals surface area contributed by atoms with Crippen LogP contribution in [0.3, 0.4) is 0 Å². The van der Waals surface area contributed by atoms with Gasteiger partial charge in [0.15, 0.2) is 5.65 Å². The van der Waals surface area contributed by atoms with E-state index in [0.29, 0.717) is 6.04 Å². The van der Waals surface area contributed by atoms with Gasteiger partial charge >= 0.3 is 0 Å². The number of nitrogens with one attached hydrogen (secondary N) is 1. The first-order valence-corrected chi connectivity index (χ1v) is 6.47. The van der Waals surface area contributed by atoms with Gasteiger partial charge in [-0.1, -0.05) is 0 Å². The molecule has 0 spiro atoms. The van der Waals surface area contributed by atoms with Crippen molar-refractivity contribution in [1.29, 1.82) is 0 Å². The van der Waals surface area contributed by atoms with Gasteiger partial charge in [0.2, 0.25) is 0 Å². The van der Waals surface area contributed by atoms with E-state index >= 15 is 0 Å². The van der Waals surface area contributed by atoms with Crippen molar-refractivity contribution in [3.8, 4) is 0 Å². The fraction of sp³-hybridized carbons (Fsp3) is 0.500. The lowest BCUT2D eigenvalue weighted by atomic mass is 10.2. The second kappa shape index (κ2) is 3.93. The summed E-state index contributed by atoms with van der Waals surface area (Å²) in [5, 5.41) is 8.67. The molecule has 16 heavy (non-hydrogen) atoms. The Hall–Kier alpha value is -1.30. The monoisotopic (exact) mass is 235 g/mol. The van der Waals surface area contributed by atoms with Gasteiger partial charge in [-0.15, -0.1) is 0 Å². The van der Waals surface area contributed by atoms with E-state index in [4.69, 9.17) is 0 Å². The maximum Gasteiger partial charge on any atom is 0.163 e. The van der Waals surface area contributed by atoms with E-state index in [2.05, 4.69) is 20.4 Å². The SMILES string of the molecule is Cn1ncc2c(NC3CCSC3)ncnc21. The van der Waals surface area contributed by atoms with Crippen molar-refractivity contribution in [2.45, 2.75) is 12.5 Å². The van der Waals surface area contributed by atoms with Crippen LogP contribution >= 0.6 is 11.8 Å². The predicted octanol–water partition coefficient (Wildman–Crippen LogP) is 1.28. The van der Waals surface area contributed by atoms with Gasteiger partial charge in [0, 0.05) is 18.8 Å². The zero-order chi connectivity index (χ0) is 11.0. The number of aromatic nitrogens is 4. The van der Waals surface area contributed by atoms with E-state index in [9.17, 15) is 0 Å². The molecular weight excluding hydrogens is 222 g/mol. The van der Waals surface area contributed by atoms with Crippen molar-refractivity contribution in [1.82, 2.24) is 19.7 Å². The van der Waals surface area contributed by atoms with Gasteiger partial charge in [0.05, 0.1) is 11.6 Å². The van der Waals surface area contributed by atoms with Gasteiger partial charge in [0.25, 0.3) is 0 Å². The normalized spacial score (nSPS) is 20.4. The molecule has 1 fully saturated rings. The number of fused-ring (bicyclic) bond motifs is 1. The molecule has 0 bridgehead atoms. The van der Waals surface area contributed by atoms with Crippen molar-refractivity contribution < 1.29 is 0 Å². The molecule has 3 rings (SSSR count). The van der Waals surface area contributed by atoms with Crippen LogP contribution < -0.4 is 5.32 Å². The highest BCUT2D eigenvalue weighted by Crippen LogP contribution is 2.24. The predicted molar refractivity (Wildman–Crippen MR) is 65.7 cm³/mol. The van der Waals surface area contributed by atoms with E-state index in [-0.39, 0.29) is 0 Å². The Balaban J connectivity index is 1.96. The molecule has 1 atom stereocenters. The molecule has 84 valence electrons. The highest BCUT2D eigenvalue weighted by atomic mass is 32.2. The number of nitrogens with zero attached hydrogens (tertiary/aromatic N) is 4. The maximum absolute atomic E-state index is 4.30. The largest absolute Gasteiger partial charge is 0.366 e. The van der Waals surface area contributed by atoms with E-state index in [1.165, 1.54) is 12.2 Å². The summed E-state index contributed by atoms with van der Waals surface area (Å²) in [6.45, 7) is 0. The molecule has 1 unspecified atom stereocenters. The third-order valence-electron chi connectivity index (χ3n) is 2.80. The van der Waals surface area contributed by atoms with Gasteiger partial charge in [-0.3, -0.25) is 4.68 Å². The zero-order valence-electron chi connectivity index (χ0n) is 9.05. The smallest absolute Gasteiger partial charge is 0.163 e. The number of rotatable bonds is 2. The van der Waals surface area contributed by atoms with Gasteiger partial charge in [-0.2, -0.15) is 16.9 Å². The lowest BCUT2D eigenvalue weighted by Gasteiger charge is -2.11. The summed E-state index contributed by atoms with van der Waals surface area (Å²) >= 11 is 1.99. The summed E-state index contributed by atoms with van der Waals surface area (Å²) in [6.07, 6.45) is 4.62. The summed E-state index contributed by atoms with van der Waals surface area (Å²) in [5.41, 5.74) is 0.878. The first-order chi connectivity index (χ1) is 7.84. The molecule has 0 amide bonds. The summed E-state index contributed by atoms with van der Waals surface area (Å²) in [6, 6.07) is 0.531. The van der Waals surface area contributed by atoms with Crippen molar-refractivity contribution in [3.05, 3.63) is 12.5 Å². The van der Waals surface area contributed by atoms with Gasteiger partial charge in [-0.05, 0) is 12.2 Å². The molecule has 3 heterocycles. The highest BCUT2D eigenvalue weighted by molar-refractivity contribution is 7.99. The van der Waals surface area contributed by atoms with Crippen molar-refractivity contribution >= 4 is 28.6 Å². The van der Waals surface area contributed by atoms with Crippen LogP contribution in [0.4, 0.5) is 5.82 Å². The topological polar surface area (TPSA) is 55.6 Å². The van der Waals surface area contributed by atoms with E-state index in [0.717, 1.165) is 22.6 Å². The van der Waals surface area contributed by atoms with Crippen LogP contribution in [0.5, 0.6) is 0 Å². The summed E-state index contributed by atoms with van der Waals surface area (Å²) < 4.78 is 1.77. The average Bonchev–Trinajstić information content (AvgIpc) is 2.90. The third-order valence-corrected chi connectivity index (χ3v) is 3.96.